The van der Waals surface area contributed by atoms with Crippen LogP contribution in [0.4, 0.5) is 45.3 Å². The van der Waals surface area contributed by atoms with Crippen LogP contribution in [0.2, 0.25) is 0 Å². The van der Waals surface area contributed by atoms with Crippen LogP contribution in [0, 0.1) is 0 Å². The van der Waals surface area contributed by atoms with Gasteiger partial charge in [0.2, 0.25) is 5.60 Å². The molecule has 2 aromatic heterocycles. The van der Waals surface area contributed by atoms with Gasteiger partial charge in [-0.2, -0.15) is 39.5 Å². The van der Waals surface area contributed by atoms with Gasteiger partial charge in [-0.1, -0.05) is 0 Å². The maximum atomic E-state index is 12.9. The number of hydrogen-bond donors (Lipinski definition) is 2. The molecule has 0 saturated heterocycles. The lowest BCUT2D eigenvalue weighted by atomic mass is 10.1. The van der Waals surface area contributed by atoms with Crippen molar-refractivity contribution in [3.63, 3.8) is 0 Å². The predicted octanol–water partition coefficient (Wildman–Crippen LogP) is 2.92. The summed E-state index contributed by atoms with van der Waals surface area (Å²) in [5.41, 5.74) is -4.80. The molecular formula is C11H6F9N5O2. The first-order valence-corrected chi connectivity index (χ1v) is 6.41. The molecule has 2 aromatic rings. The topological polar surface area (TPSA) is 111 Å². The van der Waals surface area contributed by atoms with Crippen molar-refractivity contribution in [3.05, 3.63) is 17.3 Å². The highest BCUT2D eigenvalue weighted by molar-refractivity contribution is 5.62. The van der Waals surface area contributed by atoms with Crippen molar-refractivity contribution in [2.75, 3.05) is 5.73 Å². The number of nitrogens with two attached hydrogens (primary N) is 1. The number of aliphatic hydroxyl groups is 1. The molecule has 150 valence electrons. The molecule has 0 aliphatic carbocycles. The second-order valence-electron chi connectivity index (χ2n) is 5.13. The molecule has 3 N–H and O–H groups in total. The molecule has 0 spiro atoms. The van der Waals surface area contributed by atoms with Gasteiger partial charge in [0.05, 0.1) is 0 Å². The lowest BCUT2D eigenvalue weighted by molar-refractivity contribution is -0.266. The van der Waals surface area contributed by atoms with Crippen molar-refractivity contribution in [1.29, 1.82) is 0 Å². The number of halogens is 9. The van der Waals surface area contributed by atoms with Gasteiger partial charge < -0.3 is 15.3 Å². The summed E-state index contributed by atoms with van der Waals surface area (Å²) in [6, 6.07) is 0. The maximum Gasteiger partial charge on any atom is 0.435 e. The van der Waals surface area contributed by atoms with Gasteiger partial charge in [-0.15, -0.1) is 10.2 Å². The Balaban J connectivity index is 2.65. The Kier molecular flexibility index (Phi) is 4.54. The van der Waals surface area contributed by atoms with Gasteiger partial charge in [0.1, 0.15) is 0 Å². The Hall–Kier alpha value is -2.65. The van der Waals surface area contributed by atoms with E-state index >= 15 is 0 Å². The van der Waals surface area contributed by atoms with Crippen molar-refractivity contribution >= 4 is 5.82 Å². The molecule has 2 heterocycles. The van der Waals surface area contributed by atoms with E-state index in [0.29, 0.717) is 0 Å². The molecule has 0 radical (unpaired) electrons. The second kappa shape index (κ2) is 5.93. The number of rotatable bonds is 2. The summed E-state index contributed by atoms with van der Waals surface area (Å²) in [7, 11) is 0. The summed E-state index contributed by atoms with van der Waals surface area (Å²) in [5.74, 6) is -3.98. The minimum absolute atomic E-state index is 0.202. The van der Waals surface area contributed by atoms with Crippen LogP contribution in [0.15, 0.2) is 4.42 Å². The monoisotopic (exact) mass is 411 g/mol. The highest BCUT2D eigenvalue weighted by atomic mass is 19.4. The van der Waals surface area contributed by atoms with Crippen molar-refractivity contribution < 1.29 is 49.0 Å². The fourth-order valence-corrected chi connectivity index (χ4v) is 1.64. The molecule has 1 atom stereocenters. The molecule has 0 aromatic carbocycles. The third-order valence-electron chi connectivity index (χ3n) is 3.06. The van der Waals surface area contributed by atoms with Crippen molar-refractivity contribution in [3.8, 4) is 11.6 Å². The summed E-state index contributed by atoms with van der Waals surface area (Å²) in [6.45, 7) is 0.202. The van der Waals surface area contributed by atoms with E-state index in [-0.39, 0.29) is 6.92 Å². The van der Waals surface area contributed by atoms with Crippen LogP contribution in [0.5, 0.6) is 0 Å². The fraction of sp³-hybridized carbons (Fsp3) is 0.455. The third kappa shape index (κ3) is 3.74. The Morgan fingerprint density at radius 3 is 1.78 bits per heavy atom. The average Bonchev–Trinajstić information content (AvgIpc) is 2.93. The SMILES string of the molecule is CC(O)(c1nnc(-c2nc(C(F)(F)F)c(C(F)(F)F)nc2N)o1)C(F)(F)F. The molecule has 2 rings (SSSR count). The van der Waals surface area contributed by atoms with Crippen molar-refractivity contribution in [2.24, 2.45) is 0 Å². The summed E-state index contributed by atoms with van der Waals surface area (Å²) in [4.78, 5) is 5.21. The van der Waals surface area contributed by atoms with Crippen LogP contribution in [0.1, 0.15) is 24.2 Å². The molecule has 7 nitrogen and oxygen atoms in total. The van der Waals surface area contributed by atoms with Crippen molar-refractivity contribution in [1.82, 2.24) is 20.2 Å². The summed E-state index contributed by atoms with van der Waals surface area (Å²) >= 11 is 0. The van der Waals surface area contributed by atoms with Gasteiger partial charge in [0, 0.05) is 0 Å². The second-order valence-corrected chi connectivity index (χ2v) is 5.13. The molecule has 16 heteroatoms. The lowest BCUT2D eigenvalue weighted by Gasteiger charge is -2.21. The van der Waals surface area contributed by atoms with E-state index in [1.54, 1.807) is 0 Å². The van der Waals surface area contributed by atoms with Gasteiger partial charge >= 0.3 is 18.5 Å². The van der Waals surface area contributed by atoms with Gasteiger partial charge in [-0.05, 0) is 6.92 Å². The van der Waals surface area contributed by atoms with Crippen LogP contribution in [0.3, 0.4) is 0 Å². The van der Waals surface area contributed by atoms with E-state index in [2.05, 4.69) is 24.6 Å². The van der Waals surface area contributed by atoms with E-state index in [1.165, 1.54) is 0 Å². The first kappa shape index (κ1) is 20.7. The minimum Gasteiger partial charge on any atom is -0.416 e. The quantitative estimate of drug-likeness (QED) is 0.731. The molecule has 0 saturated carbocycles. The van der Waals surface area contributed by atoms with Gasteiger partial charge in [0.25, 0.3) is 11.8 Å². The zero-order valence-corrected chi connectivity index (χ0v) is 12.6. The van der Waals surface area contributed by atoms with Crippen LogP contribution >= 0.6 is 0 Å². The summed E-state index contributed by atoms with van der Waals surface area (Å²) in [6.07, 6.45) is -16.5. The normalized spacial score (nSPS) is 15.7. The Labute approximate surface area is 142 Å². The summed E-state index contributed by atoms with van der Waals surface area (Å²) in [5, 5.41) is 15.1. The average molecular weight is 411 g/mol. The van der Waals surface area contributed by atoms with E-state index in [1.807, 2.05) is 0 Å². The molecule has 27 heavy (non-hydrogen) atoms. The van der Waals surface area contributed by atoms with Gasteiger partial charge in [0.15, 0.2) is 22.9 Å². The first-order chi connectivity index (χ1) is 12.0. The van der Waals surface area contributed by atoms with E-state index in [9.17, 15) is 44.6 Å². The fourth-order valence-electron chi connectivity index (χ4n) is 1.64. The summed E-state index contributed by atoms with van der Waals surface area (Å²) < 4.78 is 119. The molecule has 0 aliphatic rings. The molecular weight excluding hydrogens is 405 g/mol. The Morgan fingerprint density at radius 1 is 0.852 bits per heavy atom. The third-order valence-corrected chi connectivity index (χ3v) is 3.06. The first-order valence-electron chi connectivity index (χ1n) is 6.41. The van der Waals surface area contributed by atoms with E-state index in [4.69, 9.17) is 5.73 Å². The van der Waals surface area contributed by atoms with Crippen molar-refractivity contribution in [2.45, 2.75) is 31.1 Å². The zero-order chi connectivity index (χ0) is 21.0. The number of anilines is 1. The number of nitrogens with zero attached hydrogens (tertiary/aromatic N) is 4. The molecule has 0 fully saturated rings. The highest BCUT2D eigenvalue weighted by Crippen LogP contribution is 2.41. The number of hydrogen-bond acceptors (Lipinski definition) is 7. The molecule has 0 aliphatic heterocycles. The number of alkyl halides is 9. The van der Waals surface area contributed by atoms with E-state index < -0.39 is 58.8 Å². The van der Waals surface area contributed by atoms with Crippen LogP contribution in [-0.4, -0.2) is 31.4 Å². The largest absolute Gasteiger partial charge is 0.435 e. The molecule has 0 amide bonds. The maximum absolute atomic E-state index is 12.9. The highest BCUT2D eigenvalue weighted by Gasteiger charge is 2.55. The Morgan fingerprint density at radius 2 is 1.33 bits per heavy atom. The minimum atomic E-state index is -5.64. The predicted molar refractivity (Wildman–Crippen MR) is 65.4 cm³/mol. The van der Waals surface area contributed by atoms with Crippen LogP contribution < -0.4 is 5.73 Å². The molecule has 0 bridgehead atoms. The number of aromatic nitrogens is 4. The zero-order valence-electron chi connectivity index (χ0n) is 12.6. The molecule has 1 unspecified atom stereocenters. The standard InChI is InChI=1S/C11H6F9N5O2/c1-8(26,11(18,19)20)7-25-24-6(27-7)2-5(21)23-4(10(15,16)17)3(22-2)9(12,13)14/h26H,1H3,(H2,21,23). The van der Waals surface area contributed by atoms with E-state index in [0.717, 1.165) is 0 Å². The number of nitrogen functional groups attached to an aromatic ring is 1. The van der Waals surface area contributed by atoms with Crippen LogP contribution in [0.25, 0.3) is 11.6 Å². The Bertz CT molecular complexity index is 853. The van der Waals surface area contributed by atoms with Gasteiger partial charge in [-0.25, -0.2) is 9.97 Å². The van der Waals surface area contributed by atoms with Crippen LogP contribution in [-0.2, 0) is 18.0 Å². The lowest BCUT2D eigenvalue weighted by Crippen LogP contribution is -2.39. The smallest absolute Gasteiger partial charge is 0.416 e. The van der Waals surface area contributed by atoms with Gasteiger partial charge in [-0.3, -0.25) is 0 Å².